The van der Waals surface area contributed by atoms with E-state index in [0.29, 0.717) is 0 Å². The molecule has 0 heteroatoms. The van der Waals surface area contributed by atoms with Gasteiger partial charge < -0.3 is 0 Å². The quantitative estimate of drug-likeness (QED) is 0.558. The van der Waals surface area contributed by atoms with Crippen molar-refractivity contribution in [2.45, 2.75) is 13.8 Å². The van der Waals surface area contributed by atoms with Crippen LogP contribution in [0.25, 0.3) is 22.3 Å². The molecule has 0 saturated heterocycles. The summed E-state index contributed by atoms with van der Waals surface area (Å²) in [7, 11) is 0. The zero-order valence-electron chi connectivity index (χ0n) is 11.9. The van der Waals surface area contributed by atoms with Crippen molar-refractivity contribution >= 4 is 0 Å². The number of hydrogen-bond donors (Lipinski definition) is 0. The second-order valence-electron chi connectivity index (χ2n) is 5.27. The third-order valence-electron chi connectivity index (χ3n) is 3.64. The molecular formula is C20H18. The Balaban J connectivity index is 2.15. The molecule has 3 rings (SSSR count). The highest BCUT2D eigenvalue weighted by atomic mass is 14.1. The highest BCUT2D eigenvalue weighted by Crippen LogP contribution is 2.29. The molecule has 0 heterocycles. The predicted octanol–water partition coefficient (Wildman–Crippen LogP) is 5.64. The summed E-state index contributed by atoms with van der Waals surface area (Å²) in [5.41, 5.74) is 7.77. The summed E-state index contributed by atoms with van der Waals surface area (Å²) < 4.78 is 0. The standard InChI is InChI=1S/C20H18/c1-15-12-18(17-9-4-3-5-10-17)14-19(13-15)20-11-7-6-8-16(20)2/h3-14H,1-2H3. The fraction of sp³-hybridized carbons (Fsp3) is 0.100. The van der Waals surface area contributed by atoms with Gasteiger partial charge in [0.1, 0.15) is 0 Å². The van der Waals surface area contributed by atoms with Crippen molar-refractivity contribution in [3.63, 3.8) is 0 Å². The van der Waals surface area contributed by atoms with E-state index in [1.165, 1.54) is 33.4 Å². The summed E-state index contributed by atoms with van der Waals surface area (Å²) in [6.45, 7) is 4.33. The molecule has 0 spiro atoms. The van der Waals surface area contributed by atoms with Gasteiger partial charge in [0, 0.05) is 0 Å². The highest BCUT2D eigenvalue weighted by molar-refractivity contribution is 5.75. The summed E-state index contributed by atoms with van der Waals surface area (Å²) >= 11 is 0. The highest BCUT2D eigenvalue weighted by Gasteiger charge is 2.05. The van der Waals surface area contributed by atoms with Gasteiger partial charge in [0.25, 0.3) is 0 Å². The minimum Gasteiger partial charge on any atom is -0.0622 e. The normalized spacial score (nSPS) is 10.5. The molecule has 0 saturated carbocycles. The number of benzene rings is 3. The van der Waals surface area contributed by atoms with Crippen LogP contribution in [0.2, 0.25) is 0 Å². The Morgan fingerprint density at radius 1 is 0.550 bits per heavy atom. The molecule has 20 heavy (non-hydrogen) atoms. The third-order valence-corrected chi connectivity index (χ3v) is 3.64. The molecule has 0 aliphatic heterocycles. The topological polar surface area (TPSA) is 0 Å². The van der Waals surface area contributed by atoms with Crippen LogP contribution in [-0.2, 0) is 0 Å². The first-order valence-electron chi connectivity index (χ1n) is 6.97. The van der Waals surface area contributed by atoms with Gasteiger partial charge in [-0.05, 0) is 53.3 Å². The molecule has 0 N–H and O–H groups in total. The molecule has 0 aliphatic rings. The van der Waals surface area contributed by atoms with Crippen LogP contribution in [0.4, 0.5) is 0 Å². The minimum atomic E-state index is 1.27. The van der Waals surface area contributed by atoms with Gasteiger partial charge in [0.2, 0.25) is 0 Å². The first kappa shape index (κ1) is 12.7. The maximum absolute atomic E-state index is 2.28. The SMILES string of the molecule is Cc1cc(-c2ccccc2)cc(-c2ccccc2C)c1. The summed E-state index contributed by atoms with van der Waals surface area (Å²) in [4.78, 5) is 0. The van der Waals surface area contributed by atoms with Crippen LogP contribution in [-0.4, -0.2) is 0 Å². The molecule has 0 aliphatic carbocycles. The molecule has 98 valence electrons. The Kier molecular flexibility index (Phi) is 3.39. The Labute approximate surface area is 120 Å². The van der Waals surface area contributed by atoms with Crippen LogP contribution in [0.5, 0.6) is 0 Å². The fourth-order valence-electron chi connectivity index (χ4n) is 2.63. The average Bonchev–Trinajstić information content (AvgIpc) is 2.48. The van der Waals surface area contributed by atoms with Gasteiger partial charge in [-0.15, -0.1) is 0 Å². The van der Waals surface area contributed by atoms with E-state index in [9.17, 15) is 0 Å². The Hall–Kier alpha value is -2.34. The van der Waals surface area contributed by atoms with Crippen molar-refractivity contribution in [2.24, 2.45) is 0 Å². The van der Waals surface area contributed by atoms with Gasteiger partial charge in [-0.2, -0.15) is 0 Å². The molecule has 0 nitrogen and oxygen atoms in total. The van der Waals surface area contributed by atoms with E-state index in [-0.39, 0.29) is 0 Å². The van der Waals surface area contributed by atoms with Gasteiger partial charge in [-0.1, -0.05) is 66.7 Å². The molecular weight excluding hydrogens is 240 g/mol. The zero-order chi connectivity index (χ0) is 13.9. The van der Waals surface area contributed by atoms with Crippen LogP contribution in [0.3, 0.4) is 0 Å². The minimum absolute atomic E-state index is 1.27. The van der Waals surface area contributed by atoms with Crippen molar-refractivity contribution in [1.82, 2.24) is 0 Å². The van der Waals surface area contributed by atoms with E-state index in [1.807, 2.05) is 0 Å². The van der Waals surface area contributed by atoms with E-state index in [1.54, 1.807) is 0 Å². The van der Waals surface area contributed by atoms with E-state index in [4.69, 9.17) is 0 Å². The number of hydrogen-bond acceptors (Lipinski definition) is 0. The predicted molar refractivity (Wildman–Crippen MR) is 86.8 cm³/mol. The lowest BCUT2D eigenvalue weighted by Gasteiger charge is -2.10. The number of rotatable bonds is 2. The van der Waals surface area contributed by atoms with Crippen LogP contribution in [0.1, 0.15) is 11.1 Å². The summed E-state index contributed by atoms with van der Waals surface area (Å²) in [6, 6.07) is 25.9. The van der Waals surface area contributed by atoms with E-state index in [2.05, 4.69) is 86.6 Å². The van der Waals surface area contributed by atoms with Crippen LogP contribution < -0.4 is 0 Å². The molecule has 0 aromatic heterocycles. The summed E-state index contributed by atoms with van der Waals surface area (Å²) in [6.07, 6.45) is 0. The van der Waals surface area contributed by atoms with Crippen molar-refractivity contribution in [2.75, 3.05) is 0 Å². The lowest BCUT2D eigenvalue weighted by molar-refractivity contribution is 1.42. The third kappa shape index (κ3) is 2.50. The van der Waals surface area contributed by atoms with Crippen LogP contribution in [0, 0.1) is 13.8 Å². The van der Waals surface area contributed by atoms with Crippen LogP contribution >= 0.6 is 0 Å². The Bertz CT molecular complexity index is 724. The first-order chi connectivity index (χ1) is 9.74. The summed E-state index contributed by atoms with van der Waals surface area (Å²) in [5.74, 6) is 0. The molecule has 0 bridgehead atoms. The lowest BCUT2D eigenvalue weighted by atomic mass is 9.94. The van der Waals surface area contributed by atoms with Gasteiger partial charge in [0.15, 0.2) is 0 Å². The van der Waals surface area contributed by atoms with Gasteiger partial charge in [-0.3, -0.25) is 0 Å². The molecule has 3 aromatic rings. The molecule has 0 atom stereocenters. The second kappa shape index (κ2) is 5.34. The van der Waals surface area contributed by atoms with Crippen molar-refractivity contribution in [1.29, 1.82) is 0 Å². The Morgan fingerprint density at radius 3 is 1.95 bits per heavy atom. The number of aryl methyl sites for hydroxylation is 2. The smallest absolute Gasteiger partial charge is 0.0154 e. The molecule has 0 radical (unpaired) electrons. The maximum atomic E-state index is 2.28. The van der Waals surface area contributed by atoms with E-state index < -0.39 is 0 Å². The Morgan fingerprint density at radius 2 is 1.20 bits per heavy atom. The summed E-state index contributed by atoms with van der Waals surface area (Å²) in [5, 5.41) is 0. The van der Waals surface area contributed by atoms with Crippen LogP contribution in [0.15, 0.2) is 72.8 Å². The van der Waals surface area contributed by atoms with Gasteiger partial charge in [-0.25, -0.2) is 0 Å². The van der Waals surface area contributed by atoms with Crippen molar-refractivity contribution < 1.29 is 0 Å². The van der Waals surface area contributed by atoms with Gasteiger partial charge >= 0.3 is 0 Å². The van der Waals surface area contributed by atoms with Crippen molar-refractivity contribution in [3.05, 3.63) is 83.9 Å². The molecule has 0 amide bonds. The van der Waals surface area contributed by atoms with Crippen molar-refractivity contribution in [3.8, 4) is 22.3 Å². The maximum Gasteiger partial charge on any atom is -0.0154 e. The molecule has 0 unspecified atom stereocenters. The van der Waals surface area contributed by atoms with Gasteiger partial charge in [0.05, 0.1) is 0 Å². The second-order valence-corrected chi connectivity index (χ2v) is 5.27. The van der Waals surface area contributed by atoms with E-state index in [0.717, 1.165) is 0 Å². The fourth-order valence-corrected chi connectivity index (χ4v) is 2.63. The lowest BCUT2D eigenvalue weighted by Crippen LogP contribution is -1.86. The monoisotopic (exact) mass is 258 g/mol. The molecule has 3 aromatic carbocycles. The largest absolute Gasteiger partial charge is 0.0622 e. The average molecular weight is 258 g/mol. The first-order valence-corrected chi connectivity index (χ1v) is 6.97. The molecule has 0 fully saturated rings. The van der Waals surface area contributed by atoms with E-state index >= 15 is 0 Å². The zero-order valence-corrected chi connectivity index (χ0v) is 11.9.